The molecule has 214 valence electrons. The van der Waals surface area contributed by atoms with Gasteiger partial charge in [-0.3, -0.25) is 0 Å². The van der Waals surface area contributed by atoms with Crippen LogP contribution in [0.5, 0.6) is 0 Å². The Morgan fingerprint density at radius 1 is 0.477 bits per heavy atom. The second kappa shape index (κ2) is 10.8. The fourth-order valence-corrected chi connectivity index (χ4v) is 6.27. The lowest BCUT2D eigenvalue weighted by Crippen LogP contribution is -2.13. The van der Waals surface area contributed by atoms with Gasteiger partial charge in [0.25, 0.3) is 0 Å². The molecule has 6 rings (SSSR count). The van der Waals surface area contributed by atoms with Crippen molar-refractivity contribution in [1.82, 2.24) is 0 Å². The maximum Gasteiger partial charge on any atom is 0.100 e. The van der Waals surface area contributed by atoms with Crippen molar-refractivity contribution in [2.45, 2.75) is 52.4 Å². The summed E-state index contributed by atoms with van der Waals surface area (Å²) in [6.45, 7) is 13.3. The van der Waals surface area contributed by atoms with Crippen LogP contribution in [0.1, 0.15) is 63.8 Å². The highest BCUT2D eigenvalue weighted by Gasteiger charge is 2.23. The van der Waals surface area contributed by atoms with Gasteiger partial charge in [-0.25, -0.2) is 0 Å². The molecule has 0 spiro atoms. The minimum absolute atomic E-state index is 0.0848. The molecule has 0 bridgehead atoms. The highest BCUT2D eigenvalue weighted by Crippen LogP contribution is 2.42. The molecule has 0 saturated heterocycles. The van der Waals surface area contributed by atoms with Crippen molar-refractivity contribution in [3.63, 3.8) is 0 Å². The predicted molar refractivity (Wildman–Crippen MR) is 185 cm³/mol. The van der Waals surface area contributed by atoms with Crippen LogP contribution in [0.3, 0.4) is 0 Å². The van der Waals surface area contributed by atoms with Crippen LogP contribution in [0.4, 0.5) is 0 Å². The maximum atomic E-state index is 10.7. The maximum absolute atomic E-state index is 10.7. The molecule has 0 aromatic heterocycles. The Morgan fingerprint density at radius 2 is 1.11 bits per heavy atom. The summed E-state index contributed by atoms with van der Waals surface area (Å²) in [7, 11) is 0. The largest absolute Gasteiger partial charge is 0.192 e. The first kappa shape index (κ1) is 28.9. The van der Waals surface area contributed by atoms with Crippen LogP contribution in [0.2, 0.25) is 0 Å². The molecule has 44 heavy (non-hydrogen) atoms. The molecule has 0 saturated carbocycles. The van der Waals surface area contributed by atoms with Crippen molar-refractivity contribution < 1.29 is 0 Å². The van der Waals surface area contributed by atoms with E-state index < -0.39 is 0 Å². The van der Waals surface area contributed by atoms with Crippen LogP contribution in [-0.2, 0) is 10.8 Å². The van der Waals surface area contributed by atoms with Gasteiger partial charge in [-0.1, -0.05) is 120 Å². The quantitative estimate of drug-likeness (QED) is 0.213. The molecule has 6 aromatic rings. The Kier molecular flexibility index (Phi) is 7.11. The number of hydrogen-bond donors (Lipinski definition) is 0. The van der Waals surface area contributed by atoms with Crippen LogP contribution in [0.15, 0.2) is 109 Å². The molecule has 0 aliphatic rings. The van der Waals surface area contributed by atoms with Gasteiger partial charge in [-0.05, 0) is 96.1 Å². The number of nitrogens with zero attached hydrogens (tertiary/aromatic N) is 2. The van der Waals surface area contributed by atoms with Gasteiger partial charge in [0.1, 0.15) is 6.07 Å². The van der Waals surface area contributed by atoms with Crippen LogP contribution in [-0.4, -0.2) is 0 Å². The van der Waals surface area contributed by atoms with Gasteiger partial charge in [0, 0.05) is 11.1 Å². The standard InChI is InChI=1S/C42H36N2/c1-41(2,3)31-23-36(39(26-44)37(24-31)34-15-9-12-28-11-7-8-14-32(28)34)30-18-19-33-29(22-30)13-10-16-35(33)38-21-27(25-43)17-20-40(38)42(4,5)6/h7-24H,1-6H3. The second-order valence-corrected chi connectivity index (χ2v) is 13.7. The molecule has 2 heteroatoms. The Morgan fingerprint density at radius 3 is 1.80 bits per heavy atom. The molecule has 0 amide bonds. The fraction of sp³-hybridized carbons (Fsp3) is 0.190. The lowest BCUT2D eigenvalue weighted by Gasteiger charge is -2.24. The summed E-state index contributed by atoms with van der Waals surface area (Å²) in [4.78, 5) is 0. The van der Waals surface area contributed by atoms with Gasteiger partial charge in [-0.2, -0.15) is 10.5 Å². The Balaban J connectivity index is 1.61. The van der Waals surface area contributed by atoms with E-state index in [1.165, 1.54) is 11.1 Å². The number of fused-ring (bicyclic) bond motifs is 2. The normalized spacial score (nSPS) is 11.8. The predicted octanol–water partition coefficient (Wildman–Crippen LogP) is 11.3. The van der Waals surface area contributed by atoms with E-state index >= 15 is 0 Å². The molecule has 0 heterocycles. The Hall–Kier alpha value is -5.18. The SMILES string of the molecule is CC(C)(C)c1cc(-c2ccc3c(-c4cc(C#N)ccc4C(C)(C)C)cccc3c2)c(C#N)c(-c2cccc3ccccc23)c1. The van der Waals surface area contributed by atoms with Gasteiger partial charge in [0.05, 0.1) is 17.2 Å². The van der Waals surface area contributed by atoms with E-state index in [-0.39, 0.29) is 10.8 Å². The second-order valence-electron chi connectivity index (χ2n) is 13.7. The van der Waals surface area contributed by atoms with Gasteiger partial charge in [-0.15, -0.1) is 0 Å². The van der Waals surface area contributed by atoms with Crippen molar-refractivity contribution in [2.75, 3.05) is 0 Å². The highest BCUT2D eigenvalue weighted by molar-refractivity contribution is 6.02. The fourth-order valence-electron chi connectivity index (χ4n) is 6.27. The van der Waals surface area contributed by atoms with Gasteiger partial charge < -0.3 is 0 Å². The molecular formula is C42H36N2. The van der Waals surface area contributed by atoms with Crippen molar-refractivity contribution >= 4 is 21.5 Å². The first-order chi connectivity index (χ1) is 21.0. The first-order valence-corrected chi connectivity index (χ1v) is 15.1. The monoisotopic (exact) mass is 568 g/mol. The third-order valence-corrected chi connectivity index (χ3v) is 8.63. The number of nitriles is 2. The average molecular weight is 569 g/mol. The molecule has 0 N–H and O–H groups in total. The summed E-state index contributed by atoms with van der Waals surface area (Å²) in [5, 5.41) is 24.9. The van der Waals surface area contributed by atoms with Gasteiger partial charge >= 0.3 is 0 Å². The van der Waals surface area contributed by atoms with E-state index in [9.17, 15) is 10.5 Å². The number of benzene rings is 6. The van der Waals surface area contributed by atoms with Crippen LogP contribution in [0.25, 0.3) is 54.9 Å². The first-order valence-electron chi connectivity index (χ1n) is 15.1. The minimum atomic E-state index is -0.110. The number of rotatable bonds is 3. The van der Waals surface area contributed by atoms with E-state index in [2.05, 4.69) is 151 Å². The average Bonchev–Trinajstić information content (AvgIpc) is 3.02. The minimum Gasteiger partial charge on any atom is -0.192 e. The van der Waals surface area contributed by atoms with E-state index in [0.717, 1.165) is 54.9 Å². The van der Waals surface area contributed by atoms with E-state index in [1.807, 2.05) is 12.1 Å². The van der Waals surface area contributed by atoms with Crippen molar-refractivity contribution in [1.29, 1.82) is 10.5 Å². The lowest BCUT2D eigenvalue weighted by atomic mass is 9.79. The van der Waals surface area contributed by atoms with Crippen LogP contribution >= 0.6 is 0 Å². The summed E-state index contributed by atoms with van der Waals surface area (Å²) < 4.78 is 0. The number of hydrogen-bond acceptors (Lipinski definition) is 2. The topological polar surface area (TPSA) is 47.6 Å². The summed E-state index contributed by atoms with van der Waals surface area (Å²) in [5.41, 5.74) is 9.71. The molecule has 2 nitrogen and oxygen atoms in total. The van der Waals surface area contributed by atoms with E-state index in [1.54, 1.807) is 0 Å². The molecule has 0 fully saturated rings. The van der Waals surface area contributed by atoms with Crippen LogP contribution < -0.4 is 0 Å². The summed E-state index contributed by atoms with van der Waals surface area (Å²) in [5.74, 6) is 0. The summed E-state index contributed by atoms with van der Waals surface area (Å²) in [6.07, 6.45) is 0. The van der Waals surface area contributed by atoms with Crippen molar-refractivity contribution in [2.24, 2.45) is 0 Å². The smallest absolute Gasteiger partial charge is 0.100 e. The van der Waals surface area contributed by atoms with Gasteiger partial charge in [0.15, 0.2) is 0 Å². The zero-order chi connectivity index (χ0) is 31.2. The Labute approximate surface area is 260 Å². The van der Waals surface area contributed by atoms with Crippen molar-refractivity contribution in [3.8, 4) is 45.5 Å². The van der Waals surface area contributed by atoms with E-state index in [4.69, 9.17) is 0 Å². The molecular weight excluding hydrogens is 532 g/mol. The zero-order valence-electron chi connectivity index (χ0n) is 26.3. The zero-order valence-corrected chi connectivity index (χ0v) is 26.3. The molecule has 0 atom stereocenters. The van der Waals surface area contributed by atoms with Crippen LogP contribution in [0, 0.1) is 22.7 Å². The van der Waals surface area contributed by atoms with Crippen molar-refractivity contribution in [3.05, 3.63) is 131 Å². The molecule has 0 unspecified atom stereocenters. The van der Waals surface area contributed by atoms with Gasteiger partial charge in [0.2, 0.25) is 0 Å². The third kappa shape index (κ3) is 5.15. The van der Waals surface area contributed by atoms with E-state index in [0.29, 0.717) is 11.1 Å². The molecule has 0 aliphatic carbocycles. The molecule has 0 radical (unpaired) electrons. The summed E-state index contributed by atoms with van der Waals surface area (Å²) in [6, 6.07) is 42.9. The molecule has 6 aromatic carbocycles. The third-order valence-electron chi connectivity index (χ3n) is 8.63. The highest BCUT2D eigenvalue weighted by atomic mass is 14.3. The lowest BCUT2D eigenvalue weighted by molar-refractivity contribution is 0.590. The summed E-state index contributed by atoms with van der Waals surface area (Å²) >= 11 is 0. The Bertz CT molecular complexity index is 2150. The molecule has 0 aliphatic heterocycles.